The number of nitrogens with one attached hydrogen (secondary N) is 1. The SMILES string of the molecule is C=CCOc1c(Cl)cc(/C=N/NC(=O)c2cccc(C(F)(F)F)c2)cc1OC. The van der Waals surface area contributed by atoms with Gasteiger partial charge in [-0.15, -0.1) is 0 Å². The molecule has 1 amide bonds. The van der Waals surface area contributed by atoms with E-state index >= 15 is 0 Å². The Hall–Kier alpha value is -3.00. The Morgan fingerprint density at radius 1 is 1.32 bits per heavy atom. The molecule has 1 N–H and O–H groups in total. The molecule has 2 rings (SSSR count). The third kappa shape index (κ3) is 5.50. The maximum atomic E-state index is 12.7. The van der Waals surface area contributed by atoms with E-state index < -0.39 is 17.6 Å². The van der Waals surface area contributed by atoms with Gasteiger partial charge in [-0.05, 0) is 35.9 Å². The van der Waals surface area contributed by atoms with Crippen molar-refractivity contribution in [2.24, 2.45) is 5.10 Å². The summed E-state index contributed by atoms with van der Waals surface area (Å²) in [4.78, 5) is 12.0. The zero-order valence-electron chi connectivity index (χ0n) is 14.7. The summed E-state index contributed by atoms with van der Waals surface area (Å²) in [6.07, 6.45) is -1.71. The van der Waals surface area contributed by atoms with Crippen LogP contribution in [-0.2, 0) is 6.18 Å². The Kier molecular flexibility index (Phi) is 7.06. The number of nitrogens with zero attached hydrogens (tertiary/aromatic N) is 1. The van der Waals surface area contributed by atoms with Crippen LogP contribution in [0.1, 0.15) is 21.5 Å². The van der Waals surface area contributed by atoms with Crippen LogP contribution in [0.4, 0.5) is 13.2 Å². The van der Waals surface area contributed by atoms with Crippen molar-refractivity contribution in [1.82, 2.24) is 5.43 Å². The maximum absolute atomic E-state index is 12.7. The van der Waals surface area contributed by atoms with Crippen LogP contribution in [0.2, 0.25) is 5.02 Å². The van der Waals surface area contributed by atoms with Gasteiger partial charge < -0.3 is 9.47 Å². The highest BCUT2D eigenvalue weighted by Crippen LogP contribution is 2.36. The zero-order valence-corrected chi connectivity index (χ0v) is 15.5. The second-order valence-electron chi connectivity index (χ2n) is 5.41. The molecule has 0 radical (unpaired) electrons. The number of hydrazone groups is 1. The normalized spacial score (nSPS) is 11.3. The number of rotatable bonds is 7. The molecule has 0 saturated heterocycles. The Labute approximate surface area is 164 Å². The first-order valence-electron chi connectivity index (χ1n) is 7.88. The van der Waals surface area contributed by atoms with Gasteiger partial charge in [0.25, 0.3) is 5.91 Å². The number of ether oxygens (including phenoxy) is 2. The van der Waals surface area contributed by atoms with Crippen molar-refractivity contribution in [2.45, 2.75) is 6.18 Å². The summed E-state index contributed by atoms with van der Waals surface area (Å²) < 4.78 is 48.8. The van der Waals surface area contributed by atoms with E-state index in [1.807, 2.05) is 0 Å². The van der Waals surface area contributed by atoms with Gasteiger partial charge in [0.05, 0.1) is 23.9 Å². The Morgan fingerprint density at radius 2 is 2.07 bits per heavy atom. The van der Waals surface area contributed by atoms with Crippen molar-refractivity contribution in [2.75, 3.05) is 13.7 Å². The summed E-state index contributed by atoms with van der Waals surface area (Å²) in [5.74, 6) is -0.111. The summed E-state index contributed by atoms with van der Waals surface area (Å²) in [5, 5.41) is 4.00. The molecule has 0 bridgehead atoms. The molecule has 28 heavy (non-hydrogen) atoms. The lowest BCUT2D eigenvalue weighted by atomic mass is 10.1. The van der Waals surface area contributed by atoms with Gasteiger partial charge in [-0.25, -0.2) is 5.43 Å². The van der Waals surface area contributed by atoms with Crippen molar-refractivity contribution >= 4 is 23.7 Å². The lowest BCUT2D eigenvalue weighted by Crippen LogP contribution is -2.18. The number of carbonyl (C=O) groups excluding carboxylic acids is 1. The predicted octanol–water partition coefficient (Wildman–Crippen LogP) is 4.70. The number of carbonyl (C=O) groups is 1. The van der Waals surface area contributed by atoms with Crippen molar-refractivity contribution < 1.29 is 27.4 Å². The number of hydrogen-bond donors (Lipinski definition) is 1. The number of amides is 1. The minimum atomic E-state index is -4.54. The van der Waals surface area contributed by atoms with Crippen LogP contribution in [0.25, 0.3) is 0 Å². The van der Waals surface area contributed by atoms with Crippen LogP contribution >= 0.6 is 11.6 Å². The highest BCUT2D eigenvalue weighted by Gasteiger charge is 2.30. The number of benzene rings is 2. The smallest absolute Gasteiger partial charge is 0.416 e. The average molecular weight is 413 g/mol. The van der Waals surface area contributed by atoms with E-state index in [4.69, 9.17) is 21.1 Å². The first-order chi connectivity index (χ1) is 13.3. The summed E-state index contributed by atoms with van der Waals surface area (Å²) in [6.45, 7) is 3.78. The second-order valence-corrected chi connectivity index (χ2v) is 5.82. The van der Waals surface area contributed by atoms with Gasteiger partial charge in [0, 0.05) is 5.56 Å². The van der Waals surface area contributed by atoms with Gasteiger partial charge in [-0.2, -0.15) is 18.3 Å². The van der Waals surface area contributed by atoms with E-state index in [0.717, 1.165) is 18.2 Å². The standard InChI is InChI=1S/C19H16ClF3N2O3/c1-3-7-28-17-15(20)8-12(9-16(17)27-2)11-24-25-18(26)13-5-4-6-14(10-13)19(21,22)23/h3-6,8-11H,1,7H2,2H3,(H,25,26)/b24-11+. The molecule has 0 fully saturated rings. The minimum absolute atomic E-state index is 0.171. The van der Waals surface area contributed by atoms with Crippen molar-refractivity contribution in [1.29, 1.82) is 0 Å². The maximum Gasteiger partial charge on any atom is 0.416 e. The molecule has 0 aliphatic heterocycles. The monoisotopic (exact) mass is 412 g/mol. The first-order valence-corrected chi connectivity index (χ1v) is 8.26. The molecule has 5 nitrogen and oxygen atoms in total. The molecule has 0 aromatic heterocycles. The number of alkyl halides is 3. The van der Waals surface area contributed by atoms with E-state index in [0.29, 0.717) is 17.1 Å². The Morgan fingerprint density at radius 3 is 2.71 bits per heavy atom. The molecule has 0 heterocycles. The quantitative estimate of drug-likeness (QED) is 0.407. The molecule has 0 spiro atoms. The van der Waals surface area contributed by atoms with Gasteiger partial charge in [0.15, 0.2) is 11.5 Å². The lowest BCUT2D eigenvalue weighted by molar-refractivity contribution is -0.137. The Balaban J connectivity index is 2.13. The molecule has 9 heteroatoms. The highest BCUT2D eigenvalue weighted by atomic mass is 35.5. The van der Waals surface area contributed by atoms with Gasteiger partial charge in [0.2, 0.25) is 0 Å². The second kappa shape index (κ2) is 9.27. The number of halogens is 4. The highest BCUT2D eigenvalue weighted by molar-refractivity contribution is 6.32. The minimum Gasteiger partial charge on any atom is -0.493 e. The largest absolute Gasteiger partial charge is 0.493 e. The molecular weight excluding hydrogens is 397 g/mol. The van der Waals surface area contributed by atoms with E-state index in [2.05, 4.69) is 17.1 Å². The molecule has 2 aromatic carbocycles. The third-order valence-corrected chi connectivity index (χ3v) is 3.71. The summed E-state index contributed by atoms with van der Waals surface area (Å²) >= 11 is 6.15. The van der Waals surface area contributed by atoms with E-state index in [-0.39, 0.29) is 17.2 Å². The molecule has 0 aliphatic rings. The van der Waals surface area contributed by atoms with Crippen molar-refractivity contribution in [3.8, 4) is 11.5 Å². The summed E-state index contributed by atoms with van der Waals surface area (Å²) in [7, 11) is 1.43. The van der Waals surface area contributed by atoms with Crippen LogP contribution in [0.3, 0.4) is 0 Å². The summed E-state index contributed by atoms with van der Waals surface area (Å²) in [5.41, 5.74) is 1.56. The predicted molar refractivity (Wildman–Crippen MR) is 100 cm³/mol. The van der Waals surface area contributed by atoms with Crippen LogP contribution in [0.15, 0.2) is 54.2 Å². The van der Waals surface area contributed by atoms with Gasteiger partial charge in [-0.1, -0.05) is 30.3 Å². The van der Waals surface area contributed by atoms with Crippen LogP contribution in [0, 0.1) is 0 Å². The number of hydrogen-bond acceptors (Lipinski definition) is 4. The fourth-order valence-corrected chi connectivity index (χ4v) is 2.44. The van der Waals surface area contributed by atoms with Crippen LogP contribution in [0.5, 0.6) is 11.5 Å². The summed E-state index contributed by atoms with van der Waals surface area (Å²) in [6, 6.07) is 7.13. The van der Waals surface area contributed by atoms with Gasteiger partial charge in [0.1, 0.15) is 6.61 Å². The first kappa shape index (κ1) is 21.3. The Bertz CT molecular complexity index is 898. The lowest BCUT2D eigenvalue weighted by Gasteiger charge is -2.12. The van der Waals surface area contributed by atoms with Crippen LogP contribution < -0.4 is 14.9 Å². The topological polar surface area (TPSA) is 59.9 Å². The molecule has 148 valence electrons. The van der Waals surface area contributed by atoms with Gasteiger partial charge in [-0.3, -0.25) is 4.79 Å². The fraction of sp³-hybridized carbons (Fsp3) is 0.158. The van der Waals surface area contributed by atoms with E-state index in [1.54, 1.807) is 12.1 Å². The molecular formula is C19H16ClF3N2O3. The molecule has 0 atom stereocenters. The molecule has 2 aromatic rings. The molecule has 0 saturated carbocycles. The third-order valence-electron chi connectivity index (χ3n) is 3.43. The molecule has 0 aliphatic carbocycles. The average Bonchev–Trinajstić information content (AvgIpc) is 2.66. The van der Waals surface area contributed by atoms with Crippen molar-refractivity contribution in [3.05, 3.63) is 70.8 Å². The number of methoxy groups -OCH3 is 1. The van der Waals surface area contributed by atoms with Gasteiger partial charge >= 0.3 is 6.18 Å². The van der Waals surface area contributed by atoms with Crippen molar-refractivity contribution in [3.63, 3.8) is 0 Å². The molecule has 0 unspecified atom stereocenters. The van der Waals surface area contributed by atoms with E-state index in [9.17, 15) is 18.0 Å². The zero-order chi connectivity index (χ0) is 20.7. The fourth-order valence-electron chi connectivity index (χ4n) is 2.16. The van der Waals surface area contributed by atoms with Crippen LogP contribution in [-0.4, -0.2) is 25.8 Å². The van der Waals surface area contributed by atoms with E-state index in [1.165, 1.54) is 25.5 Å².